The summed E-state index contributed by atoms with van der Waals surface area (Å²) < 4.78 is 5.76. The van der Waals surface area contributed by atoms with E-state index in [4.69, 9.17) is 4.74 Å². The first-order valence-electron chi connectivity index (χ1n) is 20.4. The van der Waals surface area contributed by atoms with Crippen LogP contribution in [-0.4, -0.2) is 47.7 Å². The molecule has 1 saturated heterocycles. The van der Waals surface area contributed by atoms with Gasteiger partial charge in [-0.2, -0.15) is 0 Å². The highest BCUT2D eigenvalue weighted by Crippen LogP contribution is 2.45. The number of piperidine rings is 1. The lowest BCUT2D eigenvalue weighted by Gasteiger charge is -2.24. The van der Waals surface area contributed by atoms with Gasteiger partial charge in [-0.25, -0.2) is 4.79 Å². The number of nitrogens with one attached hydrogen (secondary N) is 2. The average Bonchev–Trinajstić information content (AvgIpc) is 3.82. The van der Waals surface area contributed by atoms with Gasteiger partial charge >= 0.3 is 5.97 Å². The van der Waals surface area contributed by atoms with E-state index in [0.29, 0.717) is 31.7 Å². The molecule has 3 N–H and O–H groups in total. The summed E-state index contributed by atoms with van der Waals surface area (Å²) in [6.07, 6.45) is 31.3. The third-order valence-electron chi connectivity index (χ3n) is 10.5. The van der Waals surface area contributed by atoms with Crippen molar-refractivity contribution in [1.82, 2.24) is 10.6 Å². The number of amides is 2. The normalized spacial score (nSPS) is 20.4. The fourth-order valence-electron chi connectivity index (χ4n) is 7.25. The van der Waals surface area contributed by atoms with E-state index >= 15 is 0 Å². The molecule has 274 valence electrons. The summed E-state index contributed by atoms with van der Waals surface area (Å²) in [5.41, 5.74) is 0. The number of unbranched alkanes of at least 4 members (excludes halogenated alkanes) is 19. The summed E-state index contributed by atoms with van der Waals surface area (Å²) in [5, 5.41) is 16.3. The highest BCUT2D eigenvalue weighted by Gasteiger charge is 2.37. The molecule has 47 heavy (non-hydrogen) atoms. The molecule has 2 rings (SSSR count). The number of rotatable bonds is 31. The number of esters is 1. The standard InChI is InChI=1S/C40H74N2O5/c1-3-5-7-9-11-13-15-17-19-21-23-26-35(32-38(44)42-36-27-24-30-41-39(36)45)47-40(46)37(43)29-28-34-31-33(34)25-22-20-18-16-14-12-10-8-6-4-2/h33-37,43H,3-32H2,1-2H3,(H,41,45)(H,42,44)/t33-,34+,35-,36-,37-/m1/s1. The Hall–Kier alpha value is -1.63. The summed E-state index contributed by atoms with van der Waals surface area (Å²) in [4.78, 5) is 37.9. The van der Waals surface area contributed by atoms with E-state index in [1.807, 2.05) is 0 Å². The van der Waals surface area contributed by atoms with Gasteiger partial charge in [0.25, 0.3) is 0 Å². The highest BCUT2D eigenvalue weighted by atomic mass is 16.6. The summed E-state index contributed by atoms with van der Waals surface area (Å²) >= 11 is 0. The maximum Gasteiger partial charge on any atom is 0.335 e. The van der Waals surface area contributed by atoms with Crippen LogP contribution in [0.1, 0.15) is 200 Å². The third kappa shape index (κ3) is 21.1. The van der Waals surface area contributed by atoms with E-state index in [1.165, 1.54) is 128 Å². The minimum atomic E-state index is -1.14. The molecular weight excluding hydrogens is 588 g/mol. The SMILES string of the molecule is CCCCCCCCCCCCC[C@H](CC(=O)N[C@@H]1CCCNC1=O)OC(=O)[C@H](O)CC[C@H]1C[C@H]1CCCCCCCCCCCC. The predicted molar refractivity (Wildman–Crippen MR) is 193 cm³/mol. The molecule has 0 unspecified atom stereocenters. The Balaban J connectivity index is 1.63. The molecule has 1 aliphatic carbocycles. The summed E-state index contributed by atoms with van der Waals surface area (Å²) in [6.45, 7) is 5.16. The zero-order chi connectivity index (χ0) is 34.0. The van der Waals surface area contributed by atoms with Crippen LogP contribution in [0.2, 0.25) is 0 Å². The van der Waals surface area contributed by atoms with Crippen LogP contribution in [0.3, 0.4) is 0 Å². The number of aliphatic hydroxyl groups excluding tert-OH is 1. The quantitative estimate of drug-likeness (QED) is 0.0507. The van der Waals surface area contributed by atoms with Crippen LogP contribution in [0.25, 0.3) is 0 Å². The monoisotopic (exact) mass is 663 g/mol. The van der Waals surface area contributed by atoms with E-state index in [9.17, 15) is 19.5 Å². The summed E-state index contributed by atoms with van der Waals surface area (Å²) in [5.74, 6) is 0.353. The van der Waals surface area contributed by atoms with Crippen molar-refractivity contribution in [2.24, 2.45) is 11.8 Å². The smallest absolute Gasteiger partial charge is 0.335 e. The number of carbonyl (C=O) groups is 3. The number of ether oxygens (including phenoxy) is 1. The molecule has 1 aliphatic heterocycles. The fraction of sp³-hybridized carbons (Fsp3) is 0.925. The maximum absolute atomic E-state index is 12.9. The van der Waals surface area contributed by atoms with Gasteiger partial charge in [0.1, 0.15) is 12.1 Å². The van der Waals surface area contributed by atoms with Crippen molar-refractivity contribution in [2.75, 3.05) is 6.54 Å². The molecular formula is C40H74N2O5. The van der Waals surface area contributed by atoms with Crippen LogP contribution < -0.4 is 10.6 Å². The van der Waals surface area contributed by atoms with E-state index in [2.05, 4.69) is 24.5 Å². The molecule has 0 aromatic rings. The Morgan fingerprint density at radius 2 is 1.26 bits per heavy atom. The number of carbonyl (C=O) groups excluding carboxylic acids is 3. The van der Waals surface area contributed by atoms with Crippen molar-refractivity contribution in [1.29, 1.82) is 0 Å². The van der Waals surface area contributed by atoms with Crippen LogP contribution in [0, 0.1) is 11.8 Å². The van der Waals surface area contributed by atoms with E-state index in [-0.39, 0.29) is 18.2 Å². The largest absolute Gasteiger partial charge is 0.460 e. The molecule has 0 aromatic heterocycles. The second-order valence-corrected chi connectivity index (χ2v) is 15.0. The second kappa shape index (κ2) is 27.2. The highest BCUT2D eigenvalue weighted by molar-refractivity contribution is 5.88. The van der Waals surface area contributed by atoms with Crippen molar-refractivity contribution in [3.8, 4) is 0 Å². The van der Waals surface area contributed by atoms with Gasteiger partial charge in [0.15, 0.2) is 6.10 Å². The van der Waals surface area contributed by atoms with Crippen LogP contribution in [0.4, 0.5) is 0 Å². The molecule has 0 aromatic carbocycles. The lowest BCUT2D eigenvalue weighted by molar-refractivity contribution is -0.161. The molecule has 2 fully saturated rings. The molecule has 2 aliphatic rings. The first-order valence-corrected chi connectivity index (χ1v) is 20.4. The lowest BCUT2D eigenvalue weighted by Crippen LogP contribution is -2.50. The predicted octanol–water partition coefficient (Wildman–Crippen LogP) is 9.47. The molecule has 1 saturated carbocycles. The Morgan fingerprint density at radius 3 is 1.81 bits per heavy atom. The minimum absolute atomic E-state index is 0.0313. The molecule has 5 atom stereocenters. The first-order chi connectivity index (χ1) is 22.9. The van der Waals surface area contributed by atoms with E-state index in [0.717, 1.165) is 38.0 Å². The van der Waals surface area contributed by atoms with Crippen LogP contribution >= 0.6 is 0 Å². The molecule has 0 spiro atoms. The van der Waals surface area contributed by atoms with Crippen molar-refractivity contribution in [3.05, 3.63) is 0 Å². The molecule has 1 heterocycles. The van der Waals surface area contributed by atoms with Gasteiger partial charge in [-0.05, 0) is 56.8 Å². The van der Waals surface area contributed by atoms with Crippen molar-refractivity contribution < 1.29 is 24.2 Å². The van der Waals surface area contributed by atoms with Gasteiger partial charge in [-0.1, -0.05) is 149 Å². The van der Waals surface area contributed by atoms with Gasteiger partial charge in [0, 0.05) is 6.54 Å². The van der Waals surface area contributed by atoms with Gasteiger partial charge in [-0.15, -0.1) is 0 Å². The van der Waals surface area contributed by atoms with E-state index < -0.39 is 24.2 Å². The topological polar surface area (TPSA) is 105 Å². The molecule has 2 amide bonds. The van der Waals surface area contributed by atoms with E-state index in [1.54, 1.807) is 0 Å². The molecule has 0 radical (unpaired) electrons. The Kier molecular flexibility index (Phi) is 24.1. The molecule has 7 nitrogen and oxygen atoms in total. The average molecular weight is 663 g/mol. The van der Waals surface area contributed by atoms with Crippen LogP contribution in [0.15, 0.2) is 0 Å². The molecule has 7 heteroatoms. The van der Waals surface area contributed by atoms with Gasteiger partial charge < -0.3 is 20.5 Å². The molecule has 0 bridgehead atoms. The second-order valence-electron chi connectivity index (χ2n) is 15.0. The van der Waals surface area contributed by atoms with Crippen molar-refractivity contribution in [2.45, 2.75) is 218 Å². The first kappa shape index (κ1) is 41.5. The zero-order valence-corrected chi connectivity index (χ0v) is 30.7. The summed E-state index contributed by atoms with van der Waals surface area (Å²) in [6, 6.07) is -0.521. The summed E-state index contributed by atoms with van der Waals surface area (Å²) in [7, 11) is 0. The Bertz CT molecular complexity index is 820. The minimum Gasteiger partial charge on any atom is -0.460 e. The zero-order valence-electron chi connectivity index (χ0n) is 30.7. The Morgan fingerprint density at radius 1 is 0.745 bits per heavy atom. The van der Waals surface area contributed by atoms with Crippen molar-refractivity contribution in [3.63, 3.8) is 0 Å². The van der Waals surface area contributed by atoms with Crippen LogP contribution in [0.5, 0.6) is 0 Å². The Labute approximate surface area is 288 Å². The van der Waals surface area contributed by atoms with Crippen molar-refractivity contribution >= 4 is 17.8 Å². The number of hydrogen-bond acceptors (Lipinski definition) is 5. The number of aliphatic hydroxyl groups is 1. The third-order valence-corrected chi connectivity index (χ3v) is 10.5. The van der Waals surface area contributed by atoms with Gasteiger partial charge in [0.2, 0.25) is 11.8 Å². The fourth-order valence-corrected chi connectivity index (χ4v) is 7.25. The lowest BCUT2D eigenvalue weighted by atomic mass is 10.0. The maximum atomic E-state index is 12.9. The van der Waals surface area contributed by atoms with Gasteiger partial charge in [0.05, 0.1) is 6.42 Å². The number of hydrogen-bond donors (Lipinski definition) is 3. The van der Waals surface area contributed by atoms with Gasteiger partial charge in [-0.3, -0.25) is 9.59 Å². The van der Waals surface area contributed by atoms with Crippen LogP contribution in [-0.2, 0) is 19.1 Å².